The average molecular weight is 377 g/mol. The van der Waals surface area contributed by atoms with Gasteiger partial charge in [0.25, 0.3) is 0 Å². The Morgan fingerprint density at radius 1 is 1.31 bits per heavy atom. The minimum Gasteiger partial charge on any atom is -0.477 e. The highest BCUT2D eigenvalue weighted by atomic mass is 32.2. The van der Waals surface area contributed by atoms with E-state index >= 15 is 4.39 Å². The first-order valence-electron chi connectivity index (χ1n) is 8.59. The molecular formula is C18H20FN3O3S. The van der Waals surface area contributed by atoms with Crippen molar-refractivity contribution in [1.82, 2.24) is 9.47 Å². The SMILES string of the molecule is C[C@@H]1CSc2c(N3CCN(C)CC3)c(F)cc3c(=O)c(C(=O)O)cn1c23. The summed E-state index contributed by atoms with van der Waals surface area (Å²) >= 11 is 1.55. The quantitative estimate of drug-likeness (QED) is 0.866. The number of anilines is 1. The molecule has 0 aliphatic carbocycles. The van der Waals surface area contributed by atoms with Gasteiger partial charge >= 0.3 is 5.97 Å². The van der Waals surface area contributed by atoms with Gasteiger partial charge in [0.05, 0.1) is 21.5 Å². The van der Waals surface area contributed by atoms with E-state index in [1.807, 2.05) is 23.4 Å². The smallest absolute Gasteiger partial charge is 0.341 e. The van der Waals surface area contributed by atoms with E-state index in [9.17, 15) is 14.7 Å². The molecule has 0 saturated carbocycles. The molecule has 0 radical (unpaired) electrons. The van der Waals surface area contributed by atoms with Crippen LogP contribution in [0.3, 0.4) is 0 Å². The number of piperazine rings is 1. The van der Waals surface area contributed by atoms with Gasteiger partial charge in [0.1, 0.15) is 11.4 Å². The predicted octanol–water partition coefficient (Wildman–Crippen LogP) is 2.26. The van der Waals surface area contributed by atoms with Crippen LogP contribution in [0.2, 0.25) is 0 Å². The molecule has 0 unspecified atom stereocenters. The number of likely N-dealkylation sites (N-methyl/N-ethyl adjacent to an activating group) is 1. The molecule has 1 aromatic carbocycles. The van der Waals surface area contributed by atoms with Crippen molar-refractivity contribution in [3.63, 3.8) is 0 Å². The number of carboxylic acids is 1. The number of carboxylic acid groups (broad SMARTS) is 1. The van der Waals surface area contributed by atoms with Crippen LogP contribution in [0.4, 0.5) is 10.1 Å². The fourth-order valence-electron chi connectivity index (χ4n) is 3.69. The Balaban J connectivity index is 2.00. The van der Waals surface area contributed by atoms with Gasteiger partial charge in [-0.3, -0.25) is 4.79 Å². The number of rotatable bonds is 2. The van der Waals surface area contributed by atoms with Gasteiger partial charge in [0.15, 0.2) is 0 Å². The molecule has 26 heavy (non-hydrogen) atoms. The van der Waals surface area contributed by atoms with Gasteiger partial charge in [0, 0.05) is 44.2 Å². The van der Waals surface area contributed by atoms with Crippen LogP contribution in [0.1, 0.15) is 23.3 Å². The number of benzene rings is 1. The number of pyridine rings is 1. The van der Waals surface area contributed by atoms with Gasteiger partial charge in [0.2, 0.25) is 5.43 Å². The number of carbonyl (C=O) groups is 1. The minimum atomic E-state index is -1.28. The summed E-state index contributed by atoms with van der Waals surface area (Å²) in [6.07, 6.45) is 1.41. The lowest BCUT2D eigenvalue weighted by Crippen LogP contribution is -2.45. The molecule has 3 heterocycles. The topological polar surface area (TPSA) is 65.8 Å². The normalized spacial score (nSPS) is 20.6. The molecule has 1 aromatic heterocycles. The molecule has 6 nitrogen and oxygen atoms in total. The van der Waals surface area contributed by atoms with Crippen LogP contribution in [-0.4, -0.2) is 59.5 Å². The summed E-state index contributed by atoms with van der Waals surface area (Å²) in [5.41, 5.74) is 0.260. The van der Waals surface area contributed by atoms with E-state index in [2.05, 4.69) is 4.90 Å². The molecule has 1 saturated heterocycles. The predicted molar refractivity (Wildman–Crippen MR) is 100 cm³/mol. The largest absolute Gasteiger partial charge is 0.477 e. The molecule has 1 atom stereocenters. The maximum absolute atomic E-state index is 15.1. The summed E-state index contributed by atoms with van der Waals surface area (Å²) in [7, 11) is 2.04. The van der Waals surface area contributed by atoms with Crippen molar-refractivity contribution in [2.75, 3.05) is 43.9 Å². The Kier molecular flexibility index (Phi) is 4.19. The Morgan fingerprint density at radius 2 is 2.00 bits per heavy atom. The van der Waals surface area contributed by atoms with E-state index in [0.29, 0.717) is 17.0 Å². The highest BCUT2D eigenvalue weighted by molar-refractivity contribution is 7.99. The average Bonchev–Trinajstić information content (AvgIpc) is 2.60. The van der Waals surface area contributed by atoms with Crippen molar-refractivity contribution in [3.8, 4) is 0 Å². The molecular weight excluding hydrogens is 357 g/mol. The fourth-order valence-corrected chi connectivity index (χ4v) is 4.97. The van der Waals surface area contributed by atoms with Gasteiger partial charge in [-0.2, -0.15) is 0 Å². The summed E-state index contributed by atoms with van der Waals surface area (Å²) in [5, 5.41) is 9.49. The first-order chi connectivity index (χ1) is 12.4. The van der Waals surface area contributed by atoms with E-state index in [1.165, 1.54) is 12.3 Å². The second-order valence-electron chi connectivity index (χ2n) is 6.97. The lowest BCUT2D eigenvalue weighted by atomic mass is 10.1. The Morgan fingerprint density at radius 3 is 2.65 bits per heavy atom. The van der Waals surface area contributed by atoms with Crippen LogP contribution in [0.25, 0.3) is 10.9 Å². The van der Waals surface area contributed by atoms with E-state index in [-0.39, 0.29) is 17.0 Å². The molecule has 2 aromatic rings. The molecule has 138 valence electrons. The maximum atomic E-state index is 15.1. The molecule has 1 fully saturated rings. The van der Waals surface area contributed by atoms with Crippen molar-refractivity contribution in [2.45, 2.75) is 17.9 Å². The molecule has 2 aliphatic rings. The number of thioether (sulfide) groups is 1. The second-order valence-corrected chi connectivity index (χ2v) is 8.00. The third-order valence-corrected chi connectivity index (χ3v) is 6.52. The van der Waals surface area contributed by atoms with Crippen molar-refractivity contribution < 1.29 is 14.3 Å². The van der Waals surface area contributed by atoms with Crippen molar-refractivity contribution in [1.29, 1.82) is 0 Å². The standard InChI is InChI=1S/C18H20FN3O3S/c1-10-9-26-17-14-11(16(23)12(18(24)25)8-22(10)14)7-13(19)15(17)21-5-3-20(2)4-6-21/h7-8,10H,3-6,9H2,1-2H3,(H,24,25)/t10-/m1/s1. The van der Waals surface area contributed by atoms with Gasteiger partial charge in [-0.15, -0.1) is 11.8 Å². The summed E-state index contributed by atoms with van der Waals surface area (Å²) in [6, 6.07) is 1.25. The Hall–Kier alpha value is -2.06. The van der Waals surface area contributed by atoms with E-state index in [0.717, 1.165) is 31.1 Å². The van der Waals surface area contributed by atoms with Gasteiger partial charge in [-0.25, -0.2) is 9.18 Å². The minimum absolute atomic E-state index is 0.0273. The number of hydrogen-bond acceptors (Lipinski definition) is 5. The van der Waals surface area contributed by atoms with Gasteiger partial charge in [-0.05, 0) is 20.0 Å². The van der Waals surface area contributed by atoms with Crippen molar-refractivity contribution >= 4 is 34.3 Å². The van der Waals surface area contributed by atoms with Crippen molar-refractivity contribution in [2.24, 2.45) is 0 Å². The number of hydrogen-bond donors (Lipinski definition) is 1. The highest BCUT2D eigenvalue weighted by Gasteiger charge is 2.30. The Labute approximate surface area is 154 Å². The summed E-state index contributed by atoms with van der Waals surface area (Å²) in [5.74, 6) is -1.03. The number of aromatic nitrogens is 1. The summed E-state index contributed by atoms with van der Waals surface area (Å²) in [6.45, 7) is 5.12. The molecule has 2 aliphatic heterocycles. The van der Waals surface area contributed by atoms with Crippen LogP contribution in [0, 0.1) is 5.82 Å². The third-order valence-electron chi connectivity index (χ3n) is 5.19. The highest BCUT2D eigenvalue weighted by Crippen LogP contribution is 2.43. The lowest BCUT2D eigenvalue weighted by molar-refractivity contribution is 0.0694. The first kappa shape index (κ1) is 17.4. The molecule has 8 heteroatoms. The monoisotopic (exact) mass is 377 g/mol. The van der Waals surface area contributed by atoms with Crippen LogP contribution in [0.15, 0.2) is 22.0 Å². The molecule has 0 amide bonds. The van der Waals surface area contributed by atoms with E-state index in [1.54, 1.807) is 11.8 Å². The van der Waals surface area contributed by atoms with Gasteiger partial charge < -0.3 is 19.5 Å². The maximum Gasteiger partial charge on any atom is 0.341 e. The van der Waals surface area contributed by atoms with Crippen LogP contribution < -0.4 is 10.3 Å². The van der Waals surface area contributed by atoms with Crippen molar-refractivity contribution in [3.05, 3.63) is 33.9 Å². The van der Waals surface area contributed by atoms with Crippen LogP contribution in [0.5, 0.6) is 0 Å². The Bertz CT molecular complexity index is 967. The summed E-state index contributed by atoms with van der Waals surface area (Å²) < 4.78 is 16.9. The summed E-state index contributed by atoms with van der Waals surface area (Å²) in [4.78, 5) is 29.0. The number of halogens is 1. The second kappa shape index (κ2) is 6.28. The first-order valence-corrected chi connectivity index (χ1v) is 9.58. The van der Waals surface area contributed by atoms with Crippen LogP contribution >= 0.6 is 11.8 Å². The molecule has 0 bridgehead atoms. The van der Waals surface area contributed by atoms with Gasteiger partial charge in [-0.1, -0.05) is 0 Å². The molecule has 4 rings (SSSR count). The van der Waals surface area contributed by atoms with E-state index in [4.69, 9.17) is 0 Å². The fraction of sp³-hybridized carbons (Fsp3) is 0.444. The van der Waals surface area contributed by atoms with E-state index < -0.39 is 17.2 Å². The zero-order valence-corrected chi connectivity index (χ0v) is 15.5. The zero-order valence-electron chi connectivity index (χ0n) is 14.7. The number of aromatic carboxylic acids is 1. The number of nitrogens with zero attached hydrogens (tertiary/aromatic N) is 3. The third kappa shape index (κ3) is 2.59. The zero-order chi connectivity index (χ0) is 18.6. The lowest BCUT2D eigenvalue weighted by Gasteiger charge is -2.37. The molecule has 1 N–H and O–H groups in total. The van der Waals surface area contributed by atoms with Crippen LogP contribution in [-0.2, 0) is 0 Å². The molecule has 0 spiro atoms.